The predicted octanol–water partition coefficient (Wildman–Crippen LogP) is 4.31. The molecule has 124 valence electrons. The van der Waals surface area contributed by atoms with Gasteiger partial charge in [-0.15, -0.1) is 0 Å². The molecule has 0 radical (unpaired) electrons. The van der Waals surface area contributed by atoms with E-state index < -0.39 is 17.7 Å². The minimum absolute atomic E-state index is 0.202. The molecule has 1 atom stereocenters. The monoisotopic (exact) mass is 379 g/mol. The summed E-state index contributed by atoms with van der Waals surface area (Å²) >= 11 is 3.39. The molecule has 0 aliphatic carbocycles. The fourth-order valence-electron chi connectivity index (χ4n) is 2.94. The first-order valence-corrected chi connectivity index (χ1v) is 8.77. The highest BCUT2D eigenvalue weighted by atomic mass is 79.9. The first-order chi connectivity index (χ1) is 11.0. The first-order valence-electron chi connectivity index (χ1n) is 7.97. The van der Waals surface area contributed by atoms with E-state index in [0.29, 0.717) is 6.54 Å². The number of rotatable bonds is 7. The number of benzene rings is 1. The Kier molecular flexibility index (Phi) is 5.99. The molecule has 1 aromatic rings. The van der Waals surface area contributed by atoms with Gasteiger partial charge in [-0.3, -0.25) is 9.59 Å². The highest BCUT2D eigenvalue weighted by molar-refractivity contribution is 9.10. The van der Waals surface area contributed by atoms with Crippen LogP contribution in [0.2, 0.25) is 0 Å². The van der Waals surface area contributed by atoms with Crippen LogP contribution in [0.4, 0.5) is 0 Å². The molecule has 1 aliphatic rings. The maximum atomic E-state index is 12.4. The van der Waals surface area contributed by atoms with Gasteiger partial charge in [-0.25, -0.2) is 0 Å². The Balaban J connectivity index is 2.31. The van der Waals surface area contributed by atoms with E-state index in [0.717, 1.165) is 35.7 Å². The number of unbranched alkanes of at least 4 members (excludes halogenated alkanes) is 3. The van der Waals surface area contributed by atoms with E-state index in [4.69, 9.17) is 0 Å². The molecule has 23 heavy (non-hydrogen) atoms. The van der Waals surface area contributed by atoms with Gasteiger partial charge in [0.2, 0.25) is 0 Å². The zero-order valence-corrected chi connectivity index (χ0v) is 15.1. The summed E-state index contributed by atoms with van der Waals surface area (Å²) in [6.07, 6.45) is 4.13. The third-order valence-electron chi connectivity index (χ3n) is 4.12. The summed E-state index contributed by atoms with van der Waals surface area (Å²) in [5, 5.41) is 10.1. The third-order valence-corrected chi connectivity index (χ3v) is 4.65. The van der Waals surface area contributed by atoms with Crippen molar-refractivity contribution in [1.29, 1.82) is 0 Å². The van der Waals surface area contributed by atoms with Gasteiger partial charge in [0.25, 0.3) is 5.91 Å². The number of hydrogen-bond donors (Lipinski definition) is 1. The molecule has 2 rings (SSSR count). The second kappa shape index (κ2) is 7.77. The average molecular weight is 380 g/mol. The number of aliphatic hydroxyl groups is 1. The topological polar surface area (TPSA) is 57.6 Å². The molecule has 1 aromatic carbocycles. The number of carbonyl (C=O) groups is 2. The summed E-state index contributed by atoms with van der Waals surface area (Å²) in [4.78, 5) is 26.0. The summed E-state index contributed by atoms with van der Waals surface area (Å²) in [6.45, 7) is 4.07. The Labute approximate surface area is 145 Å². The Morgan fingerprint density at radius 1 is 1.22 bits per heavy atom. The highest BCUT2D eigenvalue weighted by Crippen LogP contribution is 2.38. The van der Waals surface area contributed by atoms with Crippen LogP contribution in [0.1, 0.15) is 51.1 Å². The van der Waals surface area contributed by atoms with E-state index in [1.54, 1.807) is 4.90 Å². The van der Waals surface area contributed by atoms with Gasteiger partial charge in [0.1, 0.15) is 0 Å². The molecule has 0 bridgehead atoms. The summed E-state index contributed by atoms with van der Waals surface area (Å²) in [5.41, 5.74) is 1.04. The predicted molar refractivity (Wildman–Crippen MR) is 93.1 cm³/mol. The van der Waals surface area contributed by atoms with Crippen molar-refractivity contribution in [2.24, 2.45) is 0 Å². The lowest BCUT2D eigenvalue weighted by atomic mass is 9.96. The van der Waals surface area contributed by atoms with Gasteiger partial charge in [0, 0.05) is 11.0 Å². The van der Waals surface area contributed by atoms with Crippen molar-refractivity contribution in [2.45, 2.75) is 45.6 Å². The maximum absolute atomic E-state index is 12.4. The quantitative estimate of drug-likeness (QED) is 0.717. The molecule has 0 saturated carbocycles. The largest absolute Gasteiger partial charge is 0.503 e. The summed E-state index contributed by atoms with van der Waals surface area (Å²) < 4.78 is 0.928. The van der Waals surface area contributed by atoms with E-state index in [1.807, 2.05) is 24.3 Å². The fourth-order valence-corrected chi connectivity index (χ4v) is 3.21. The number of Topliss-reactive ketones (excluding diaryl/α,β-unsaturated/α-hetero) is 1. The van der Waals surface area contributed by atoms with Gasteiger partial charge >= 0.3 is 0 Å². The highest BCUT2D eigenvalue weighted by Gasteiger charge is 2.41. The first kappa shape index (κ1) is 17.7. The van der Waals surface area contributed by atoms with Crippen LogP contribution in [0.3, 0.4) is 0 Å². The van der Waals surface area contributed by atoms with E-state index in [9.17, 15) is 14.7 Å². The van der Waals surface area contributed by atoms with Crippen LogP contribution in [0.5, 0.6) is 0 Å². The third kappa shape index (κ3) is 3.83. The second-order valence-electron chi connectivity index (χ2n) is 5.83. The van der Waals surface area contributed by atoms with Crippen LogP contribution in [0, 0.1) is 0 Å². The van der Waals surface area contributed by atoms with Crippen molar-refractivity contribution >= 4 is 27.6 Å². The van der Waals surface area contributed by atoms with Crippen LogP contribution in [0.25, 0.3) is 0 Å². The van der Waals surface area contributed by atoms with Crippen molar-refractivity contribution in [1.82, 2.24) is 4.90 Å². The number of carbonyl (C=O) groups excluding carboxylic acids is 2. The number of hydrogen-bond acceptors (Lipinski definition) is 3. The lowest BCUT2D eigenvalue weighted by molar-refractivity contribution is -0.129. The fraction of sp³-hybridized carbons (Fsp3) is 0.444. The molecule has 1 aliphatic heterocycles. The Bertz CT molecular complexity index is 622. The van der Waals surface area contributed by atoms with Crippen molar-refractivity contribution in [3.05, 3.63) is 45.6 Å². The number of aliphatic hydroxyl groups excluding tert-OH is 1. The average Bonchev–Trinajstić information content (AvgIpc) is 2.77. The van der Waals surface area contributed by atoms with Crippen LogP contribution in [0.15, 0.2) is 40.1 Å². The minimum Gasteiger partial charge on any atom is -0.503 e. The number of halogens is 1. The smallest absolute Gasteiger partial charge is 0.290 e. The summed E-state index contributed by atoms with van der Waals surface area (Å²) in [6, 6.07) is 7.02. The zero-order valence-electron chi connectivity index (χ0n) is 13.5. The van der Waals surface area contributed by atoms with Crippen molar-refractivity contribution in [2.75, 3.05) is 6.54 Å². The van der Waals surface area contributed by atoms with Gasteiger partial charge in [0.15, 0.2) is 11.5 Å². The van der Waals surface area contributed by atoms with Crippen LogP contribution >= 0.6 is 15.9 Å². The Hall–Kier alpha value is -1.62. The molecule has 0 fully saturated rings. The second-order valence-corrected chi connectivity index (χ2v) is 6.75. The number of nitrogens with zero attached hydrogens (tertiary/aromatic N) is 1. The lowest BCUT2D eigenvalue weighted by Crippen LogP contribution is -2.32. The molecule has 1 N–H and O–H groups in total. The normalized spacial score (nSPS) is 18.0. The van der Waals surface area contributed by atoms with Crippen LogP contribution < -0.4 is 0 Å². The summed E-state index contributed by atoms with van der Waals surface area (Å²) in [7, 11) is 0. The standard InChI is InChI=1S/C18H22BrNO3/c1-3-4-5-6-11-20-16(13-7-9-14(19)10-8-13)15(12(2)21)17(22)18(20)23/h7-10,16,22H,3-6,11H2,1-2H3/t16-/m0/s1. The maximum Gasteiger partial charge on any atom is 0.290 e. The zero-order chi connectivity index (χ0) is 17.0. The van der Waals surface area contributed by atoms with Gasteiger partial charge in [-0.2, -0.15) is 0 Å². The Morgan fingerprint density at radius 3 is 2.43 bits per heavy atom. The van der Waals surface area contributed by atoms with Gasteiger partial charge in [0.05, 0.1) is 11.6 Å². The van der Waals surface area contributed by atoms with E-state index in [-0.39, 0.29) is 11.4 Å². The van der Waals surface area contributed by atoms with E-state index >= 15 is 0 Å². The molecule has 0 spiro atoms. The van der Waals surface area contributed by atoms with E-state index in [2.05, 4.69) is 22.9 Å². The minimum atomic E-state index is -0.491. The van der Waals surface area contributed by atoms with Crippen molar-refractivity contribution in [3.63, 3.8) is 0 Å². The van der Waals surface area contributed by atoms with E-state index in [1.165, 1.54) is 6.92 Å². The molecular weight excluding hydrogens is 358 g/mol. The van der Waals surface area contributed by atoms with Crippen LogP contribution in [-0.4, -0.2) is 28.2 Å². The molecule has 5 heteroatoms. The molecule has 0 unspecified atom stereocenters. The number of ketones is 1. The molecule has 0 aromatic heterocycles. The van der Waals surface area contributed by atoms with Crippen LogP contribution in [-0.2, 0) is 9.59 Å². The van der Waals surface area contributed by atoms with Gasteiger partial charge in [-0.1, -0.05) is 54.2 Å². The lowest BCUT2D eigenvalue weighted by Gasteiger charge is -2.26. The molecule has 1 amide bonds. The molecule has 4 nitrogen and oxygen atoms in total. The van der Waals surface area contributed by atoms with Crippen molar-refractivity contribution in [3.8, 4) is 0 Å². The van der Waals surface area contributed by atoms with Gasteiger partial charge in [-0.05, 0) is 31.0 Å². The molecule has 1 heterocycles. The SMILES string of the molecule is CCCCCCN1C(=O)C(O)=C(C(C)=O)[C@@H]1c1ccc(Br)cc1. The summed E-state index contributed by atoms with van der Waals surface area (Å²) in [5.74, 6) is -1.11. The van der Waals surface area contributed by atoms with Gasteiger partial charge < -0.3 is 10.0 Å². The Morgan fingerprint density at radius 2 is 1.87 bits per heavy atom. The molecular formula is C18H22BrNO3. The number of amides is 1. The molecule has 0 saturated heterocycles. The van der Waals surface area contributed by atoms with Crippen molar-refractivity contribution < 1.29 is 14.7 Å².